The average molecular weight is 196 g/mol. The Labute approximate surface area is 89.1 Å². The zero-order valence-corrected chi connectivity index (χ0v) is 9.97. The van der Waals surface area contributed by atoms with Crippen LogP contribution in [0.5, 0.6) is 0 Å². The van der Waals surface area contributed by atoms with Gasteiger partial charge in [-0.1, -0.05) is 6.92 Å². The van der Waals surface area contributed by atoms with E-state index in [0.29, 0.717) is 0 Å². The molecule has 0 N–H and O–H groups in total. The maximum absolute atomic E-state index is 2.50. The lowest BCUT2D eigenvalue weighted by Gasteiger charge is -2.47. The Balaban J connectivity index is 2.04. The second-order valence-electron chi connectivity index (χ2n) is 5.78. The summed E-state index contributed by atoms with van der Waals surface area (Å²) in [4.78, 5) is 0. The Hall–Kier alpha value is -0.0400. The number of hydrogen-bond acceptors (Lipinski definition) is 0. The summed E-state index contributed by atoms with van der Waals surface area (Å²) in [5, 5.41) is 0. The van der Waals surface area contributed by atoms with E-state index in [9.17, 15) is 0 Å². The van der Waals surface area contributed by atoms with Crippen molar-refractivity contribution in [3.63, 3.8) is 0 Å². The molecule has 0 aliphatic carbocycles. The molecule has 2 atom stereocenters. The van der Waals surface area contributed by atoms with Crippen LogP contribution < -0.4 is 0 Å². The first-order chi connectivity index (χ1) is 6.73. The predicted octanol–water partition coefficient (Wildman–Crippen LogP) is 3.20. The zero-order chi connectivity index (χ0) is 10.0. The topological polar surface area (TPSA) is 0 Å². The normalized spacial score (nSPS) is 38.1. The van der Waals surface area contributed by atoms with Gasteiger partial charge in [0.1, 0.15) is 0 Å². The van der Waals surface area contributed by atoms with Crippen molar-refractivity contribution in [1.29, 1.82) is 0 Å². The monoisotopic (exact) mass is 196 g/mol. The van der Waals surface area contributed by atoms with Gasteiger partial charge in [-0.15, -0.1) is 0 Å². The van der Waals surface area contributed by atoms with Crippen LogP contribution in [0.1, 0.15) is 52.4 Å². The van der Waals surface area contributed by atoms with E-state index in [0.717, 1.165) is 12.0 Å². The van der Waals surface area contributed by atoms with Crippen LogP contribution in [0, 0.1) is 5.92 Å². The smallest absolute Gasteiger partial charge is 0.0864 e. The van der Waals surface area contributed by atoms with E-state index in [2.05, 4.69) is 13.8 Å². The Morgan fingerprint density at radius 1 is 0.857 bits per heavy atom. The molecule has 1 spiro atoms. The summed E-state index contributed by atoms with van der Waals surface area (Å²) in [6.07, 6.45) is 8.90. The van der Waals surface area contributed by atoms with Gasteiger partial charge in [-0.25, -0.2) is 0 Å². The van der Waals surface area contributed by atoms with Crippen molar-refractivity contribution in [2.75, 3.05) is 19.6 Å². The SMILES string of the molecule is CC1CC[N+]2(CCCCCC2)C(C)C1. The lowest BCUT2D eigenvalue weighted by atomic mass is 9.90. The van der Waals surface area contributed by atoms with Crippen LogP contribution >= 0.6 is 0 Å². The molecule has 2 saturated heterocycles. The van der Waals surface area contributed by atoms with Crippen LogP contribution in [0.2, 0.25) is 0 Å². The highest BCUT2D eigenvalue weighted by atomic mass is 15.4. The zero-order valence-electron chi connectivity index (χ0n) is 9.97. The predicted molar refractivity (Wildman–Crippen MR) is 61.2 cm³/mol. The molecular weight excluding hydrogens is 170 g/mol. The minimum absolute atomic E-state index is 0.942. The fourth-order valence-corrected chi connectivity index (χ4v) is 3.60. The molecule has 2 unspecified atom stereocenters. The summed E-state index contributed by atoms with van der Waals surface area (Å²) in [5.41, 5.74) is 0. The minimum Gasteiger partial charge on any atom is -0.321 e. The second-order valence-corrected chi connectivity index (χ2v) is 5.78. The molecule has 0 aromatic carbocycles. The molecular formula is C13H26N+. The number of piperidine rings is 1. The fourth-order valence-electron chi connectivity index (χ4n) is 3.60. The largest absolute Gasteiger partial charge is 0.321 e. The molecule has 0 saturated carbocycles. The van der Waals surface area contributed by atoms with Gasteiger partial charge in [-0.05, 0) is 44.9 Å². The number of rotatable bonds is 0. The van der Waals surface area contributed by atoms with Gasteiger partial charge < -0.3 is 4.48 Å². The third-order valence-corrected chi connectivity index (χ3v) is 4.70. The molecule has 0 aromatic rings. The summed E-state index contributed by atoms with van der Waals surface area (Å²) in [6.45, 7) is 9.37. The lowest BCUT2D eigenvalue weighted by molar-refractivity contribution is -0.954. The van der Waals surface area contributed by atoms with Gasteiger partial charge in [0.15, 0.2) is 0 Å². The molecule has 2 aliphatic rings. The van der Waals surface area contributed by atoms with E-state index in [1.54, 1.807) is 0 Å². The molecule has 2 aliphatic heterocycles. The van der Waals surface area contributed by atoms with Gasteiger partial charge in [0, 0.05) is 6.42 Å². The number of quaternary nitrogens is 1. The fraction of sp³-hybridized carbons (Fsp3) is 1.00. The van der Waals surface area contributed by atoms with Crippen LogP contribution in [0.25, 0.3) is 0 Å². The molecule has 0 bridgehead atoms. The van der Waals surface area contributed by atoms with Crippen LogP contribution in [-0.4, -0.2) is 30.2 Å². The molecule has 0 aromatic heterocycles. The van der Waals surface area contributed by atoms with Crippen molar-refractivity contribution in [1.82, 2.24) is 0 Å². The molecule has 0 radical (unpaired) electrons. The van der Waals surface area contributed by atoms with Crippen molar-refractivity contribution < 1.29 is 4.48 Å². The van der Waals surface area contributed by atoms with Gasteiger partial charge in [-0.2, -0.15) is 0 Å². The summed E-state index contributed by atoms with van der Waals surface area (Å²) < 4.78 is 1.48. The van der Waals surface area contributed by atoms with E-state index in [-0.39, 0.29) is 0 Å². The maximum Gasteiger partial charge on any atom is 0.0864 e. The van der Waals surface area contributed by atoms with E-state index >= 15 is 0 Å². The Morgan fingerprint density at radius 3 is 2.07 bits per heavy atom. The Morgan fingerprint density at radius 2 is 1.50 bits per heavy atom. The first-order valence-electron chi connectivity index (χ1n) is 6.59. The standard InChI is InChI=1S/C13H26N/c1-12-7-10-14(13(2)11-12)8-5-3-4-6-9-14/h12-13H,3-11H2,1-2H3/q+1. The van der Waals surface area contributed by atoms with Gasteiger partial charge >= 0.3 is 0 Å². The van der Waals surface area contributed by atoms with E-state index in [1.807, 2.05) is 0 Å². The second kappa shape index (κ2) is 4.22. The van der Waals surface area contributed by atoms with Gasteiger partial charge in [-0.3, -0.25) is 0 Å². The third-order valence-electron chi connectivity index (χ3n) is 4.70. The van der Waals surface area contributed by atoms with Gasteiger partial charge in [0.25, 0.3) is 0 Å². The first kappa shape index (κ1) is 10.5. The maximum atomic E-state index is 2.50. The third kappa shape index (κ3) is 1.98. The van der Waals surface area contributed by atoms with Crippen LogP contribution in [0.15, 0.2) is 0 Å². The van der Waals surface area contributed by atoms with Gasteiger partial charge in [0.2, 0.25) is 0 Å². The molecule has 1 heteroatoms. The molecule has 1 nitrogen and oxygen atoms in total. The quantitative estimate of drug-likeness (QED) is 0.522. The summed E-state index contributed by atoms with van der Waals surface area (Å²) in [5.74, 6) is 0.983. The Kier molecular flexibility index (Phi) is 3.16. The summed E-state index contributed by atoms with van der Waals surface area (Å²) in [7, 11) is 0. The van der Waals surface area contributed by atoms with Gasteiger partial charge in [0.05, 0.1) is 25.7 Å². The molecule has 14 heavy (non-hydrogen) atoms. The first-order valence-corrected chi connectivity index (χ1v) is 6.59. The highest BCUT2D eigenvalue weighted by Gasteiger charge is 2.38. The van der Waals surface area contributed by atoms with E-state index < -0.39 is 0 Å². The summed E-state index contributed by atoms with van der Waals surface area (Å²) >= 11 is 0. The van der Waals surface area contributed by atoms with E-state index in [1.165, 1.54) is 62.6 Å². The minimum atomic E-state index is 0.942. The van der Waals surface area contributed by atoms with Crippen LogP contribution in [0.4, 0.5) is 0 Å². The Bertz CT molecular complexity index is 180. The van der Waals surface area contributed by atoms with Crippen molar-refractivity contribution in [2.45, 2.75) is 58.4 Å². The van der Waals surface area contributed by atoms with Crippen LogP contribution in [-0.2, 0) is 0 Å². The van der Waals surface area contributed by atoms with Crippen molar-refractivity contribution in [3.05, 3.63) is 0 Å². The average Bonchev–Trinajstić information content (AvgIpc) is 2.39. The highest BCUT2D eigenvalue weighted by Crippen LogP contribution is 2.32. The molecule has 82 valence electrons. The lowest BCUT2D eigenvalue weighted by Crippen LogP contribution is -2.58. The molecule has 2 rings (SSSR count). The summed E-state index contributed by atoms with van der Waals surface area (Å²) in [6, 6.07) is 0.942. The molecule has 0 amide bonds. The molecule has 2 heterocycles. The number of nitrogens with zero attached hydrogens (tertiary/aromatic N) is 1. The molecule has 2 fully saturated rings. The van der Waals surface area contributed by atoms with Crippen LogP contribution in [0.3, 0.4) is 0 Å². The van der Waals surface area contributed by atoms with Crippen molar-refractivity contribution >= 4 is 0 Å². The van der Waals surface area contributed by atoms with E-state index in [4.69, 9.17) is 0 Å². The van der Waals surface area contributed by atoms with Crippen molar-refractivity contribution in [3.8, 4) is 0 Å². The number of hydrogen-bond donors (Lipinski definition) is 0. The highest BCUT2D eigenvalue weighted by molar-refractivity contribution is 4.69. The van der Waals surface area contributed by atoms with Crippen molar-refractivity contribution in [2.24, 2.45) is 5.92 Å².